The number of aryl methyl sites for hydroxylation is 1. The number of Topliss-reactive ketones (excluding diaryl/α,β-unsaturated/α-hetero) is 1. The zero-order valence-electron chi connectivity index (χ0n) is 15.1. The molecule has 3 aromatic rings. The molecule has 28 heavy (non-hydrogen) atoms. The highest BCUT2D eigenvalue weighted by molar-refractivity contribution is 6.38. The van der Waals surface area contributed by atoms with E-state index in [4.69, 9.17) is 5.73 Å². The fraction of sp³-hybridized carbons (Fsp3) is 0.158. The molecule has 3 N–H and O–H groups in total. The molecule has 0 radical (unpaired) electrons. The molecular formula is C19H18N6O3. The van der Waals surface area contributed by atoms with Crippen LogP contribution in [0, 0.1) is 6.92 Å². The Morgan fingerprint density at radius 2 is 1.93 bits per heavy atom. The first-order valence-electron chi connectivity index (χ1n) is 8.46. The molecule has 1 unspecified atom stereocenters. The zero-order valence-corrected chi connectivity index (χ0v) is 15.1. The van der Waals surface area contributed by atoms with Gasteiger partial charge in [0.1, 0.15) is 17.6 Å². The van der Waals surface area contributed by atoms with E-state index in [9.17, 15) is 14.4 Å². The average molecular weight is 378 g/mol. The number of nitrogens with zero attached hydrogens (tertiary/aromatic N) is 4. The number of rotatable bonds is 7. The van der Waals surface area contributed by atoms with Crippen molar-refractivity contribution >= 4 is 17.6 Å². The smallest absolute Gasteiger partial charge is 0.287 e. The van der Waals surface area contributed by atoms with Gasteiger partial charge >= 0.3 is 0 Å². The quantitative estimate of drug-likeness (QED) is 0.571. The summed E-state index contributed by atoms with van der Waals surface area (Å²) in [5.74, 6) is -2.03. The maximum atomic E-state index is 12.9. The number of primary amides is 1. The van der Waals surface area contributed by atoms with E-state index in [1.165, 1.54) is 6.20 Å². The molecule has 9 heteroatoms. The summed E-state index contributed by atoms with van der Waals surface area (Å²) in [5, 5.41) is 2.58. The second-order valence-corrected chi connectivity index (χ2v) is 6.02. The summed E-state index contributed by atoms with van der Waals surface area (Å²) in [5.41, 5.74) is 6.53. The predicted molar refractivity (Wildman–Crippen MR) is 99.5 cm³/mol. The monoisotopic (exact) mass is 378 g/mol. The molecule has 1 atom stereocenters. The topological polar surface area (TPSA) is 133 Å². The van der Waals surface area contributed by atoms with E-state index >= 15 is 0 Å². The molecule has 3 rings (SSSR count). The summed E-state index contributed by atoms with van der Waals surface area (Å²) in [7, 11) is 0. The maximum Gasteiger partial charge on any atom is 0.287 e. The molecule has 9 nitrogen and oxygen atoms in total. The predicted octanol–water partition coefficient (Wildman–Crippen LogP) is 0.366. The van der Waals surface area contributed by atoms with Crippen molar-refractivity contribution in [1.82, 2.24) is 24.8 Å². The van der Waals surface area contributed by atoms with E-state index in [0.717, 1.165) is 0 Å². The minimum Gasteiger partial charge on any atom is -0.363 e. The number of pyridine rings is 2. The van der Waals surface area contributed by atoms with E-state index in [1.807, 2.05) is 0 Å². The molecule has 142 valence electrons. The Hall–Kier alpha value is -3.88. The Morgan fingerprint density at radius 1 is 1.11 bits per heavy atom. The minimum absolute atomic E-state index is 0.0361. The van der Waals surface area contributed by atoms with Crippen LogP contribution in [0.4, 0.5) is 0 Å². The van der Waals surface area contributed by atoms with Gasteiger partial charge in [0, 0.05) is 24.5 Å². The number of carbonyl (C=O) groups is 3. The number of nitrogens with one attached hydrogen (secondary N) is 1. The first-order chi connectivity index (χ1) is 13.5. The number of ketones is 1. The van der Waals surface area contributed by atoms with Gasteiger partial charge in [-0.3, -0.25) is 28.9 Å². The molecule has 0 aromatic carbocycles. The summed E-state index contributed by atoms with van der Waals surface area (Å²) < 4.78 is 1.61. The highest BCUT2D eigenvalue weighted by Gasteiger charge is 2.27. The Morgan fingerprint density at radius 3 is 2.57 bits per heavy atom. The van der Waals surface area contributed by atoms with Crippen molar-refractivity contribution in [3.63, 3.8) is 0 Å². The van der Waals surface area contributed by atoms with Crippen LogP contribution in [0.1, 0.15) is 22.0 Å². The molecule has 3 aromatic heterocycles. The number of hydrogen-bond donors (Lipinski definition) is 2. The van der Waals surface area contributed by atoms with Gasteiger partial charge in [-0.05, 0) is 31.2 Å². The Labute approximate surface area is 160 Å². The zero-order chi connectivity index (χ0) is 20.1. The number of carbonyl (C=O) groups excluding carboxylic acids is 3. The molecule has 0 aliphatic carbocycles. The first kappa shape index (κ1) is 18.9. The molecule has 3 heterocycles. The average Bonchev–Trinajstić information content (AvgIpc) is 3.09. The number of nitrogens with two attached hydrogens (primary N) is 1. The van der Waals surface area contributed by atoms with Crippen LogP contribution >= 0.6 is 0 Å². The molecule has 0 saturated carbocycles. The summed E-state index contributed by atoms with van der Waals surface area (Å²) in [6.45, 7) is 1.74. The summed E-state index contributed by atoms with van der Waals surface area (Å²) >= 11 is 0. The van der Waals surface area contributed by atoms with E-state index in [1.54, 1.807) is 60.4 Å². The normalized spacial score (nSPS) is 11.6. The number of amides is 2. The van der Waals surface area contributed by atoms with E-state index in [0.29, 0.717) is 17.2 Å². The third kappa shape index (κ3) is 4.09. The van der Waals surface area contributed by atoms with Crippen LogP contribution in [0.15, 0.2) is 55.1 Å². The van der Waals surface area contributed by atoms with Crippen LogP contribution in [0.3, 0.4) is 0 Å². The second kappa shape index (κ2) is 8.21. The van der Waals surface area contributed by atoms with Gasteiger partial charge in [-0.15, -0.1) is 0 Å². The summed E-state index contributed by atoms with van der Waals surface area (Å²) in [6.07, 6.45) is 6.19. The molecule has 0 aliphatic heterocycles. The van der Waals surface area contributed by atoms with Gasteiger partial charge in [0.2, 0.25) is 5.78 Å². The lowest BCUT2D eigenvalue weighted by Gasteiger charge is -2.17. The van der Waals surface area contributed by atoms with E-state index < -0.39 is 23.6 Å². The Kier molecular flexibility index (Phi) is 5.54. The molecular weight excluding hydrogens is 360 g/mol. The van der Waals surface area contributed by atoms with Crippen molar-refractivity contribution < 1.29 is 14.4 Å². The number of aromatic nitrogens is 4. The lowest BCUT2D eigenvalue weighted by molar-refractivity contribution is -0.137. The van der Waals surface area contributed by atoms with Crippen LogP contribution in [-0.4, -0.2) is 43.2 Å². The molecule has 0 bridgehead atoms. The fourth-order valence-electron chi connectivity index (χ4n) is 2.76. The SMILES string of the molecule is Cc1ncc(C(=O)NC(Cc2ccccn2)C(=O)C(N)=O)n1-c1cccnc1. The van der Waals surface area contributed by atoms with Crippen molar-refractivity contribution in [1.29, 1.82) is 0 Å². The van der Waals surface area contributed by atoms with Gasteiger partial charge in [0.25, 0.3) is 11.8 Å². The van der Waals surface area contributed by atoms with Gasteiger partial charge in [0.05, 0.1) is 18.1 Å². The van der Waals surface area contributed by atoms with Crippen molar-refractivity contribution in [2.45, 2.75) is 19.4 Å². The van der Waals surface area contributed by atoms with Crippen LogP contribution in [0.5, 0.6) is 0 Å². The van der Waals surface area contributed by atoms with E-state index in [-0.39, 0.29) is 12.1 Å². The van der Waals surface area contributed by atoms with Crippen LogP contribution in [0.2, 0.25) is 0 Å². The van der Waals surface area contributed by atoms with Gasteiger partial charge in [-0.1, -0.05) is 6.07 Å². The lowest BCUT2D eigenvalue weighted by Crippen LogP contribution is -2.47. The maximum absolute atomic E-state index is 12.9. The highest BCUT2D eigenvalue weighted by Crippen LogP contribution is 2.14. The molecule has 0 fully saturated rings. The number of imidazole rings is 1. The molecule has 0 saturated heterocycles. The first-order valence-corrected chi connectivity index (χ1v) is 8.46. The van der Waals surface area contributed by atoms with Gasteiger partial charge in [0.15, 0.2) is 0 Å². The Bertz CT molecular complexity index is 1000. The van der Waals surface area contributed by atoms with E-state index in [2.05, 4.69) is 20.3 Å². The minimum atomic E-state index is -1.14. The van der Waals surface area contributed by atoms with Gasteiger partial charge in [-0.2, -0.15) is 0 Å². The summed E-state index contributed by atoms with van der Waals surface area (Å²) in [4.78, 5) is 48.8. The van der Waals surface area contributed by atoms with Crippen LogP contribution in [-0.2, 0) is 16.0 Å². The highest BCUT2D eigenvalue weighted by atomic mass is 16.2. The summed E-state index contributed by atoms with van der Waals surface area (Å²) in [6, 6.07) is 7.53. The molecule has 2 amide bonds. The standard InChI is InChI=1S/C19H18N6O3/c1-12-23-11-16(25(12)14-6-4-7-21-10-14)19(28)24-15(17(26)18(20)27)9-13-5-2-3-8-22-13/h2-8,10-11,15H,9H2,1H3,(H2,20,27)(H,24,28). The fourth-order valence-corrected chi connectivity index (χ4v) is 2.76. The lowest BCUT2D eigenvalue weighted by atomic mass is 10.1. The van der Waals surface area contributed by atoms with Gasteiger partial charge in [-0.25, -0.2) is 4.98 Å². The van der Waals surface area contributed by atoms with Crippen molar-refractivity contribution in [2.75, 3.05) is 0 Å². The molecule has 0 aliphatic rings. The van der Waals surface area contributed by atoms with Crippen LogP contribution in [0.25, 0.3) is 5.69 Å². The van der Waals surface area contributed by atoms with Gasteiger partial charge < -0.3 is 11.1 Å². The number of hydrogen-bond acceptors (Lipinski definition) is 6. The largest absolute Gasteiger partial charge is 0.363 e. The second-order valence-electron chi connectivity index (χ2n) is 6.02. The van der Waals surface area contributed by atoms with Crippen molar-refractivity contribution in [3.05, 3.63) is 72.3 Å². The van der Waals surface area contributed by atoms with Crippen molar-refractivity contribution in [2.24, 2.45) is 5.73 Å². The van der Waals surface area contributed by atoms with Crippen LogP contribution < -0.4 is 11.1 Å². The molecule has 0 spiro atoms. The third-order valence-electron chi connectivity index (χ3n) is 4.08. The Balaban J connectivity index is 1.89. The van der Waals surface area contributed by atoms with Crippen molar-refractivity contribution in [3.8, 4) is 5.69 Å². The third-order valence-corrected chi connectivity index (χ3v) is 4.08.